The van der Waals surface area contributed by atoms with E-state index in [1.807, 2.05) is 0 Å². The fourth-order valence-electron chi connectivity index (χ4n) is 15.7. The zero-order valence-corrected chi connectivity index (χ0v) is 58.3. The van der Waals surface area contributed by atoms with Gasteiger partial charge in [-0.15, -0.1) is 0 Å². The zero-order chi connectivity index (χ0) is 67.3. The third-order valence-corrected chi connectivity index (χ3v) is 21.0. The van der Waals surface area contributed by atoms with Gasteiger partial charge in [-0.1, -0.05) is 277 Å². The molecule has 17 rings (SSSR count). The number of anilines is 6. The quantitative estimate of drug-likeness (QED) is 0.136. The summed E-state index contributed by atoms with van der Waals surface area (Å²) in [6.45, 7) is 27.7. The summed E-state index contributed by atoms with van der Waals surface area (Å²) in [4.78, 5) is 5.13. The Hall–Kier alpha value is -10.9. The Labute approximate surface area is 576 Å². The molecule has 0 spiro atoms. The highest BCUT2D eigenvalue weighted by atomic mass is 15.2. The molecular formula is C94H82N4. The van der Waals surface area contributed by atoms with E-state index in [0.717, 1.165) is 34.1 Å². The van der Waals surface area contributed by atoms with Gasteiger partial charge in [-0.3, -0.25) is 0 Å². The molecule has 4 aromatic heterocycles. The van der Waals surface area contributed by atoms with Gasteiger partial charge in [0.25, 0.3) is 0 Å². The standard InChI is InChI=1S/C94H82N4/c1-91(2,3)65-41-37-61(38-42-65)75-55-67(93(7,8)9)45-49-81(75)95(69-31-23-29-63(53-69)59-25-15-13-16-26-59)83-51-47-71-77-57-86-78(58-85(77)97-79-35-21-19-33-73(79)87(83)89(71)97)72-48-52-84(88-74-34-20-22-36-80(74)98(86)90(72)88)96(70-32-24-30-64(54-70)60-27-17-14-18-28-60)82-50-46-68(94(10,11)12)56-76(82)62-39-43-66(44-40-62)92(4,5)6/h13-58H,1-12H3. The van der Waals surface area contributed by atoms with Gasteiger partial charge in [-0.05, 0) is 162 Å². The van der Waals surface area contributed by atoms with Gasteiger partial charge in [-0.25, -0.2) is 0 Å². The van der Waals surface area contributed by atoms with Gasteiger partial charge in [0.15, 0.2) is 0 Å². The van der Waals surface area contributed by atoms with Crippen LogP contribution in [0.4, 0.5) is 34.1 Å². The highest BCUT2D eigenvalue weighted by molar-refractivity contribution is 6.32. The third kappa shape index (κ3) is 9.85. The van der Waals surface area contributed by atoms with Gasteiger partial charge in [0, 0.05) is 65.6 Å². The van der Waals surface area contributed by atoms with Gasteiger partial charge in [0.05, 0.1) is 55.8 Å². The van der Waals surface area contributed by atoms with Crippen LogP contribution in [0.25, 0.3) is 121 Å². The van der Waals surface area contributed by atoms with Crippen molar-refractivity contribution in [3.05, 3.63) is 301 Å². The summed E-state index contributed by atoms with van der Waals surface area (Å²) >= 11 is 0. The first kappa shape index (κ1) is 60.7. The van der Waals surface area contributed by atoms with E-state index in [9.17, 15) is 0 Å². The summed E-state index contributed by atoms with van der Waals surface area (Å²) in [5.74, 6) is 0. The van der Waals surface area contributed by atoms with Gasteiger partial charge in [0.1, 0.15) is 0 Å². The maximum absolute atomic E-state index is 2.59. The first-order valence-corrected chi connectivity index (χ1v) is 34.9. The maximum Gasteiger partial charge on any atom is 0.0641 e. The van der Waals surface area contributed by atoms with Crippen LogP contribution in [0.2, 0.25) is 0 Å². The summed E-state index contributed by atoms with van der Waals surface area (Å²) in [5.41, 5.74) is 28.5. The molecule has 0 amide bonds. The van der Waals surface area contributed by atoms with Crippen molar-refractivity contribution in [3.63, 3.8) is 0 Å². The molecule has 0 radical (unpaired) electrons. The number of rotatable bonds is 10. The van der Waals surface area contributed by atoms with Crippen LogP contribution in [0.5, 0.6) is 0 Å². The average molecular weight is 1270 g/mol. The molecule has 0 aliphatic heterocycles. The highest BCUT2D eigenvalue weighted by Crippen LogP contribution is 2.54. The molecule has 13 aromatic carbocycles. The second-order valence-corrected chi connectivity index (χ2v) is 31.4. The van der Waals surface area contributed by atoms with Crippen LogP contribution in [-0.4, -0.2) is 8.80 Å². The molecule has 0 saturated carbocycles. The maximum atomic E-state index is 2.59. The minimum atomic E-state index is -0.0796. The monoisotopic (exact) mass is 1270 g/mol. The lowest BCUT2D eigenvalue weighted by Crippen LogP contribution is -2.15. The average Bonchev–Trinajstić information content (AvgIpc) is 1.51. The molecule has 4 heteroatoms. The van der Waals surface area contributed by atoms with E-state index in [1.54, 1.807) is 0 Å². The molecule has 4 nitrogen and oxygen atoms in total. The first-order chi connectivity index (χ1) is 47.2. The van der Waals surface area contributed by atoms with Crippen LogP contribution in [0.15, 0.2) is 279 Å². The number of hydrogen-bond acceptors (Lipinski definition) is 2. The number of para-hydroxylation sites is 2. The van der Waals surface area contributed by atoms with E-state index in [-0.39, 0.29) is 21.7 Å². The minimum absolute atomic E-state index is 0.0166. The normalized spacial score (nSPS) is 12.7. The molecule has 0 bridgehead atoms. The summed E-state index contributed by atoms with van der Waals surface area (Å²) in [5, 5.41) is 9.81. The van der Waals surface area contributed by atoms with Crippen LogP contribution in [0.1, 0.15) is 105 Å². The van der Waals surface area contributed by atoms with Crippen molar-refractivity contribution in [2.45, 2.75) is 105 Å². The van der Waals surface area contributed by atoms with Crippen LogP contribution < -0.4 is 9.80 Å². The third-order valence-electron chi connectivity index (χ3n) is 21.0. The number of aromatic nitrogens is 2. The molecule has 0 atom stereocenters. The molecule has 0 saturated heterocycles. The van der Waals surface area contributed by atoms with Gasteiger partial charge in [0.2, 0.25) is 0 Å². The zero-order valence-electron chi connectivity index (χ0n) is 58.3. The first-order valence-electron chi connectivity index (χ1n) is 34.9. The van der Waals surface area contributed by atoms with Crippen LogP contribution in [0, 0.1) is 0 Å². The lowest BCUT2D eigenvalue weighted by molar-refractivity contribution is 0.589. The van der Waals surface area contributed by atoms with Crippen molar-refractivity contribution in [2.75, 3.05) is 9.80 Å². The van der Waals surface area contributed by atoms with E-state index in [4.69, 9.17) is 0 Å². The SMILES string of the molecule is CC(C)(C)c1ccc(-c2cc(C(C)(C)C)ccc2N(c2cccc(-c3ccccc3)c2)c2ccc3c4cc5c(cc4n4c6ccccc6c2c34)c2ccc(N(c3cccc(-c4ccccc4)c3)c3ccc(C(C)(C)C)cc3-c3ccc(C(C)(C)C)cc3)c3c4ccccc4n5c23)cc1. The second-order valence-electron chi connectivity index (χ2n) is 31.4. The number of hydrogen-bond donors (Lipinski definition) is 0. The molecule has 17 aromatic rings. The van der Waals surface area contributed by atoms with Crippen molar-refractivity contribution >= 4 is 110 Å². The van der Waals surface area contributed by atoms with E-state index < -0.39 is 0 Å². The summed E-state index contributed by atoms with van der Waals surface area (Å²) in [6.07, 6.45) is 0. The summed E-state index contributed by atoms with van der Waals surface area (Å²) in [7, 11) is 0. The van der Waals surface area contributed by atoms with Crippen LogP contribution in [-0.2, 0) is 21.7 Å². The predicted molar refractivity (Wildman–Crippen MR) is 422 cm³/mol. The van der Waals surface area contributed by atoms with Crippen molar-refractivity contribution in [1.82, 2.24) is 8.80 Å². The Morgan fingerprint density at radius 3 is 0.939 bits per heavy atom. The Kier molecular flexibility index (Phi) is 13.8. The predicted octanol–water partition coefficient (Wildman–Crippen LogP) is 26.8. The van der Waals surface area contributed by atoms with E-state index >= 15 is 0 Å². The van der Waals surface area contributed by atoms with E-state index in [2.05, 4.69) is 381 Å². The molecule has 98 heavy (non-hydrogen) atoms. The molecule has 0 aliphatic rings. The van der Waals surface area contributed by atoms with Crippen molar-refractivity contribution in [3.8, 4) is 44.5 Å². The Bertz CT molecular complexity index is 5570. The molecule has 0 aliphatic carbocycles. The fourth-order valence-corrected chi connectivity index (χ4v) is 15.7. The lowest BCUT2D eigenvalue weighted by Gasteiger charge is -2.31. The molecule has 0 N–H and O–H groups in total. The van der Waals surface area contributed by atoms with Crippen molar-refractivity contribution in [2.24, 2.45) is 0 Å². The van der Waals surface area contributed by atoms with Gasteiger partial charge in [-0.2, -0.15) is 0 Å². The Morgan fingerprint density at radius 1 is 0.224 bits per heavy atom. The van der Waals surface area contributed by atoms with Crippen LogP contribution >= 0.6 is 0 Å². The lowest BCUT2D eigenvalue weighted by atomic mass is 9.83. The van der Waals surface area contributed by atoms with E-state index in [1.165, 1.54) is 143 Å². The van der Waals surface area contributed by atoms with Crippen LogP contribution in [0.3, 0.4) is 0 Å². The molecule has 4 heterocycles. The molecule has 0 fully saturated rings. The molecule has 478 valence electrons. The largest absolute Gasteiger partial charge is 0.309 e. The molecular weight excluding hydrogens is 1190 g/mol. The topological polar surface area (TPSA) is 15.3 Å². The second kappa shape index (κ2) is 22.3. The highest BCUT2D eigenvalue weighted by Gasteiger charge is 2.32. The number of nitrogens with zero attached hydrogens (tertiary/aromatic N) is 4. The van der Waals surface area contributed by atoms with E-state index in [0.29, 0.717) is 0 Å². The molecule has 0 unspecified atom stereocenters. The Morgan fingerprint density at radius 2 is 0.561 bits per heavy atom. The Balaban J connectivity index is 0.921. The summed E-state index contributed by atoms with van der Waals surface area (Å²) < 4.78 is 5.17. The van der Waals surface area contributed by atoms with Gasteiger partial charge >= 0.3 is 0 Å². The van der Waals surface area contributed by atoms with Gasteiger partial charge < -0.3 is 18.6 Å². The van der Waals surface area contributed by atoms with Crippen molar-refractivity contribution in [1.29, 1.82) is 0 Å². The van der Waals surface area contributed by atoms with Crippen molar-refractivity contribution < 1.29 is 0 Å². The summed E-state index contributed by atoms with van der Waals surface area (Å²) in [6, 6.07) is 106. The minimum Gasteiger partial charge on any atom is -0.309 e. The number of fused-ring (bicyclic) bond motifs is 12. The number of benzene rings is 13. The smallest absolute Gasteiger partial charge is 0.0641 e. The fraction of sp³-hybridized carbons (Fsp3) is 0.170.